The molecule has 110 valence electrons. The number of nitro groups is 1. The third kappa shape index (κ3) is 3.32. The lowest BCUT2D eigenvalue weighted by atomic mass is 10.1. The lowest BCUT2D eigenvalue weighted by Crippen LogP contribution is -1.96. The second kappa shape index (κ2) is 6.11. The summed E-state index contributed by atoms with van der Waals surface area (Å²) in [6.07, 6.45) is 0. The van der Waals surface area contributed by atoms with E-state index in [9.17, 15) is 10.1 Å². The van der Waals surface area contributed by atoms with Gasteiger partial charge in [0.2, 0.25) is 0 Å². The number of halogens is 1. The molecule has 0 aliphatic carbocycles. The van der Waals surface area contributed by atoms with Crippen LogP contribution >= 0.6 is 11.6 Å². The van der Waals surface area contributed by atoms with E-state index < -0.39 is 4.92 Å². The van der Waals surface area contributed by atoms with Crippen molar-refractivity contribution in [1.29, 1.82) is 0 Å². The summed E-state index contributed by atoms with van der Waals surface area (Å²) >= 11 is 5.99. The monoisotopic (exact) mass is 307 g/mol. The second-order valence-corrected chi connectivity index (χ2v) is 5.08. The smallest absolute Gasteiger partial charge is 0.276 e. The molecule has 6 heteroatoms. The summed E-state index contributed by atoms with van der Waals surface area (Å²) in [5, 5.41) is 20.4. The van der Waals surface area contributed by atoms with Gasteiger partial charge in [0.05, 0.1) is 17.6 Å². The SMILES string of the molecule is Cc1cc(C)c([N+](=O)[O-])cc1Oc1ccc(CO)c(Cl)c1. The summed E-state index contributed by atoms with van der Waals surface area (Å²) in [7, 11) is 0. The molecule has 0 bridgehead atoms. The van der Waals surface area contributed by atoms with E-state index in [0.29, 0.717) is 27.6 Å². The largest absolute Gasteiger partial charge is 0.457 e. The number of hydrogen-bond acceptors (Lipinski definition) is 4. The van der Waals surface area contributed by atoms with Crippen LogP contribution in [0.3, 0.4) is 0 Å². The van der Waals surface area contributed by atoms with Crippen LogP contribution in [0.1, 0.15) is 16.7 Å². The summed E-state index contributed by atoms with van der Waals surface area (Å²) in [6.45, 7) is 3.34. The van der Waals surface area contributed by atoms with Gasteiger partial charge in [0.15, 0.2) is 0 Å². The molecule has 0 amide bonds. The summed E-state index contributed by atoms with van der Waals surface area (Å²) in [6, 6.07) is 7.98. The Labute approximate surface area is 126 Å². The van der Waals surface area contributed by atoms with Crippen LogP contribution in [0.4, 0.5) is 5.69 Å². The van der Waals surface area contributed by atoms with Gasteiger partial charge in [0, 0.05) is 10.6 Å². The number of aryl methyl sites for hydroxylation is 2. The normalized spacial score (nSPS) is 10.5. The summed E-state index contributed by atoms with van der Waals surface area (Å²) < 4.78 is 5.66. The fraction of sp³-hybridized carbons (Fsp3) is 0.200. The first kappa shape index (κ1) is 15.3. The van der Waals surface area contributed by atoms with Crippen molar-refractivity contribution in [2.24, 2.45) is 0 Å². The minimum absolute atomic E-state index is 0.00803. The van der Waals surface area contributed by atoms with Crippen LogP contribution in [-0.2, 0) is 6.61 Å². The molecule has 0 aliphatic heterocycles. The molecule has 0 saturated carbocycles. The molecule has 21 heavy (non-hydrogen) atoms. The molecule has 2 aromatic carbocycles. The molecule has 0 aromatic heterocycles. The van der Waals surface area contributed by atoms with E-state index >= 15 is 0 Å². The van der Waals surface area contributed by atoms with Gasteiger partial charge < -0.3 is 9.84 Å². The van der Waals surface area contributed by atoms with Crippen LogP contribution < -0.4 is 4.74 Å². The van der Waals surface area contributed by atoms with Crippen LogP contribution in [0.25, 0.3) is 0 Å². The maximum absolute atomic E-state index is 11.0. The first-order valence-electron chi connectivity index (χ1n) is 6.25. The van der Waals surface area contributed by atoms with E-state index in [2.05, 4.69) is 0 Å². The highest BCUT2D eigenvalue weighted by Crippen LogP contribution is 2.33. The zero-order chi connectivity index (χ0) is 15.6. The highest BCUT2D eigenvalue weighted by Gasteiger charge is 2.15. The molecule has 5 nitrogen and oxygen atoms in total. The number of ether oxygens (including phenoxy) is 1. The van der Waals surface area contributed by atoms with Crippen LogP contribution in [0, 0.1) is 24.0 Å². The third-order valence-electron chi connectivity index (χ3n) is 3.11. The Bertz CT molecular complexity index is 700. The molecule has 0 aliphatic rings. The number of nitro benzene ring substituents is 1. The number of aliphatic hydroxyl groups excluding tert-OH is 1. The van der Waals surface area contributed by atoms with Crippen LogP contribution in [0.5, 0.6) is 11.5 Å². The molecule has 0 radical (unpaired) electrons. The van der Waals surface area contributed by atoms with Crippen molar-refractivity contribution in [3.63, 3.8) is 0 Å². The lowest BCUT2D eigenvalue weighted by molar-refractivity contribution is -0.385. The Morgan fingerprint density at radius 3 is 2.52 bits per heavy atom. The second-order valence-electron chi connectivity index (χ2n) is 4.67. The van der Waals surface area contributed by atoms with Crippen molar-refractivity contribution in [3.05, 3.63) is 62.2 Å². The van der Waals surface area contributed by atoms with Gasteiger partial charge in [-0.15, -0.1) is 0 Å². The number of hydrogen-bond donors (Lipinski definition) is 1. The molecule has 2 rings (SSSR count). The van der Waals surface area contributed by atoms with Crippen molar-refractivity contribution in [1.82, 2.24) is 0 Å². The van der Waals surface area contributed by atoms with Crippen molar-refractivity contribution in [3.8, 4) is 11.5 Å². The Balaban J connectivity index is 2.37. The Hall–Kier alpha value is -2.11. The topological polar surface area (TPSA) is 72.6 Å². The predicted molar refractivity (Wildman–Crippen MR) is 80.0 cm³/mol. The van der Waals surface area contributed by atoms with Gasteiger partial charge in [-0.2, -0.15) is 0 Å². The average molecular weight is 308 g/mol. The van der Waals surface area contributed by atoms with Gasteiger partial charge in [0.1, 0.15) is 11.5 Å². The maximum atomic E-state index is 11.0. The van der Waals surface area contributed by atoms with E-state index in [-0.39, 0.29) is 12.3 Å². The molecule has 0 spiro atoms. The van der Waals surface area contributed by atoms with E-state index in [1.807, 2.05) is 6.92 Å². The van der Waals surface area contributed by atoms with Crippen molar-refractivity contribution < 1.29 is 14.8 Å². The van der Waals surface area contributed by atoms with Crippen LogP contribution in [0.15, 0.2) is 30.3 Å². The molecule has 0 heterocycles. The molecule has 0 fully saturated rings. The lowest BCUT2D eigenvalue weighted by Gasteiger charge is -2.11. The van der Waals surface area contributed by atoms with Crippen LogP contribution in [-0.4, -0.2) is 10.0 Å². The summed E-state index contributed by atoms with van der Waals surface area (Å²) in [5.41, 5.74) is 1.98. The molecule has 1 N–H and O–H groups in total. The van der Waals surface area contributed by atoms with Gasteiger partial charge >= 0.3 is 0 Å². The van der Waals surface area contributed by atoms with Crippen molar-refractivity contribution >= 4 is 17.3 Å². The zero-order valence-corrected chi connectivity index (χ0v) is 12.3. The Morgan fingerprint density at radius 1 is 1.24 bits per heavy atom. The van der Waals surface area contributed by atoms with Crippen molar-refractivity contribution in [2.75, 3.05) is 0 Å². The quantitative estimate of drug-likeness (QED) is 0.680. The predicted octanol–water partition coefficient (Wildman–Crippen LogP) is 4.15. The molecule has 0 atom stereocenters. The van der Waals surface area contributed by atoms with Gasteiger partial charge in [0.25, 0.3) is 5.69 Å². The zero-order valence-electron chi connectivity index (χ0n) is 11.6. The molecule has 0 saturated heterocycles. The third-order valence-corrected chi connectivity index (χ3v) is 3.46. The number of nitrogens with zero attached hydrogens (tertiary/aromatic N) is 1. The van der Waals surface area contributed by atoms with E-state index in [1.54, 1.807) is 31.2 Å². The standard InChI is InChI=1S/C15H14ClNO4/c1-9-5-10(2)15(7-14(9)17(19)20)21-12-4-3-11(8-18)13(16)6-12/h3-7,18H,8H2,1-2H3. The summed E-state index contributed by atoms with van der Waals surface area (Å²) in [5.74, 6) is 0.860. The van der Waals surface area contributed by atoms with Gasteiger partial charge in [-0.3, -0.25) is 10.1 Å². The van der Waals surface area contributed by atoms with E-state index in [0.717, 1.165) is 5.56 Å². The molecule has 2 aromatic rings. The highest BCUT2D eigenvalue weighted by atomic mass is 35.5. The number of aliphatic hydroxyl groups is 1. The Morgan fingerprint density at radius 2 is 1.95 bits per heavy atom. The Kier molecular flexibility index (Phi) is 4.45. The summed E-state index contributed by atoms with van der Waals surface area (Å²) in [4.78, 5) is 10.5. The van der Waals surface area contributed by atoms with Gasteiger partial charge in [-0.1, -0.05) is 17.7 Å². The van der Waals surface area contributed by atoms with Gasteiger partial charge in [-0.05, 0) is 43.2 Å². The molecular weight excluding hydrogens is 294 g/mol. The van der Waals surface area contributed by atoms with E-state index in [4.69, 9.17) is 21.4 Å². The molecular formula is C15H14ClNO4. The number of rotatable bonds is 4. The fourth-order valence-electron chi connectivity index (χ4n) is 1.98. The fourth-order valence-corrected chi connectivity index (χ4v) is 2.21. The average Bonchev–Trinajstić information content (AvgIpc) is 2.41. The van der Waals surface area contributed by atoms with Crippen molar-refractivity contribution in [2.45, 2.75) is 20.5 Å². The molecule has 0 unspecified atom stereocenters. The van der Waals surface area contributed by atoms with Crippen LogP contribution in [0.2, 0.25) is 5.02 Å². The van der Waals surface area contributed by atoms with E-state index in [1.165, 1.54) is 6.07 Å². The first-order valence-corrected chi connectivity index (χ1v) is 6.63. The highest BCUT2D eigenvalue weighted by molar-refractivity contribution is 6.31. The first-order chi connectivity index (χ1) is 9.92. The maximum Gasteiger partial charge on any atom is 0.276 e. The minimum atomic E-state index is -0.441. The number of benzene rings is 2. The minimum Gasteiger partial charge on any atom is -0.457 e. The van der Waals surface area contributed by atoms with Gasteiger partial charge in [-0.25, -0.2) is 0 Å².